The maximum absolute atomic E-state index is 12.5. The van der Waals surface area contributed by atoms with Crippen LogP contribution in [0.4, 0.5) is 13.2 Å². The number of halogens is 3. The number of hydrogen-bond acceptors (Lipinski definition) is 1. The third kappa shape index (κ3) is 2.41. The second-order valence-electron chi connectivity index (χ2n) is 4.14. The summed E-state index contributed by atoms with van der Waals surface area (Å²) < 4.78 is 37.5. The van der Waals surface area contributed by atoms with Crippen molar-refractivity contribution in [2.45, 2.75) is 51.2 Å². The first-order valence-corrected chi connectivity index (χ1v) is 5.27. The molecule has 1 aliphatic carbocycles. The summed E-state index contributed by atoms with van der Waals surface area (Å²) in [5.41, 5.74) is -1.53. The Bertz CT molecular complexity index is 180. The van der Waals surface area contributed by atoms with Gasteiger partial charge in [-0.1, -0.05) is 26.7 Å². The molecular formula is C10H18F3N. The van der Waals surface area contributed by atoms with Crippen LogP contribution >= 0.6 is 0 Å². The first-order valence-electron chi connectivity index (χ1n) is 5.27. The molecule has 0 aromatic rings. The summed E-state index contributed by atoms with van der Waals surface area (Å²) in [4.78, 5) is 0. The molecule has 84 valence electrons. The van der Waals surface area contributed by atoms with Gasteiger partial charge in [0, 0.05) is 0 Å². The number of alkyl halides is 3. The molecule has 0 aromatic carbocycles. The van der Waals surface area contributed by atoms with Crippen molar-refractivity contribution in [3.8, 4) is 0 Å². The minimum absolute atomic E-state index is 0.247. The van der Waals surface area contributed by atoms with Crippen LogP contribution in [0.1, 0.15) is 39.5 Å². The van der Waals surface area contributed by atoms with Gasteiger partial charge in [0.1, 0.15) is 5.54 Å². The largest absolute Gasteiger partial charge is 0.406 e. The van der Waals surface area contributed by atoms with Crippen molar-refractivity contribution in [1.82, 2.24) is 5.32 Å². The highest BCUT2D eigenvalue weighted by atomic mass is 19.4. The van der Waals surface area contributed by atoms with Gasteiger partial charge in [-0.3, -0.25) is 0 Å². The van der Waals surface area contributed by atoms with E-state index in [9.17, 15) is 13.2 Å². The zero-order valence-electron chi connectivity index (χ0n) is 8.75. The van der Waals surface area contributed by atoms with Crippen molar-refractivity contribution < 1.29 is 13.2 Å². The van der Waals surface area contributed by atoms with Crippen molar-refractivity contribution in [3.63, 3.8) is 0 Å². The first-order chi connectivity index (χ1) is 6.45. The maximum atomic E-state index is 12.5. The average Bonchev–Trinajstić information content (AvgIpc) is 2.86. The molecule has 14 heavy (non-hydrogen) atoms. The Morgan fingerprint density at radius 2 is 1.71 bits per heavy atom. The normalized spacial score (nSPS) is 20.1. The van der Waals surface area contributed by atoms with E-state index in [0.717, 1.165) is 12.8 Å². The Balaban J connectivity index is 2.38. The summed E-state index contributed by atoms with van der Waals surface area (Å²) in [6.45, 7) is 4.53. The molecular weight excluding hydrogens is 191 g/mol. The van der Waals surface area contributed by atoms with Crippen molar-refractivity contribution >= 4 is 0 Å². The fraction of sp³-hybridized carbons (Fsp3) is 1.00. The van der Waals surface area contributed by atoms with E-state index in [-0.39, 0.29) is 12.8 Å². The van der Waals surface area contributed by atoms with Gasteiger partial charge in [0.25, 0.3) is 0 Å². The van der Waals surface area contributed by atoms with Crippen LogP contribution in [0, 0.1) is 5.92 Å². The molecule has 0 spiro atoms. The van der Waals surface area contributed by atoms with Crippen LogP contribution in [0.15, 0.2) is 0 Å². The van der Waals surface area contributed by atoms with Crippen LogP contribution < -0.4 is 5.32 Å². The smallest absolute Gasteiger partial charge is 0.303 e. The zero-order valence-corrected chi connectivity index (χ0v) is 8.75. The van der Waals surface area contributed by atoms with E-state index >= 15 is 0 Å². The van der Waals surface area contributed by atoms with E-state index < -0.39 is 11.7 Å². The molecule has 4 heteroatoms. The minimum Gasteiger partial charge on any atom is -0.303 e. The van der Waals surface area contributed by atoms with Crippen LogP contribution in [0.2, 0.25) is 0 Å². The van der Waals surface area contributed by atoms with Gasteiger partial charge in [-0.05, 0) is 25.3 Å². The molecule has 1 saturated carbocycles. The first kappa shape index (κ1) is 11.8. The quantitative estimate of drug-likeness (QED) is 0.733. The molecule has 1 aliphatic rings. The fourth-order valence-corrected chi connectivity index (χ4v) is 1.60. The summed E-state index contributed by atoms with van der Waals surface area (Å²) in [5.74, 6) is 0.370. The number of hydrogen-bond donors (Lipinski definition) is 1. The third-order valence-electron chi connectivity index (χ3n) is 3.18. The fourth-order valence-electron chi connectivity index (χ4n) is 1.60. The highest BCUT2D eigenvalue weighted by Gasteiger charge is 2.62. The van der Waals surface area contributed by atoms with Crippen molar-refractivity contribution in [2.75, 3.05) is 6.54 Å². The molecule has 0 atom stereocenters. The Labute approximate surface area is 83.1 Å². The molecule has 0 amide bonds. The van der Waals surface area contributed by atoms with Crippen LogP contribution in [-0.2, 0) is 0 Å². The highest BCUT2D eigenvalue weighted by Crippen LogP contribution is 2.48. The van der Waals surface area contributed by atoms with E-state index in [1.165, 1.54) is 0 Å². The molecule has 0 aliphatic heterocycles. The van der Waals surface area contributed by atoms with E-state index in [0.29, 0.717) is 12.5 Å². The molecule has 0 aromatic heterocycles. The Kier molecular flexibility index (Phi) is 3.45. The summed E-state index contributed by atoms with van der Waals surface area (Å²) in [6, 6.07) is 0. The lowest BCUT2D eigenvalue weighted by molar-refractivity contribution is -0.166. The lowest BCUT2D eigenvalue weighted by atomic mass is 10.0. The molecule has 1 fully saturated rings. The monoisotopic (exact) mass is 209 g/mol. The van der Waals surface area contributed by atoms with Crippen LogP contribution in [0.5, 0.6) is 0 Å². The highest BCUT2D eigenvalue weighted by molar-refractivity contribution is 5.07. The molecule has 1 nitrogen and oxygen atoms in total. The third-order valence-corrected chi connectivity index (χ3v) is 3.18. The summed E-state index contributed by atoms with van der Waals surface area (Å²) in [7, 11) is 0. The molecule has 0 saturated heterocycles. The lowest BCUT2D eigenvalue weighted by Gasteiger charge is -2.23. The Morgan fingerprint density at radius 3 is 2.00 bits per heavy atom. The topological polar surface area (TPSA) is 12.0 Å². The van der Waals surface area contributed by atoms with Gasteiger partial charge in [-0.25, -0.2) is 0 Å². The van der Waals surface area contributed by atoms with E-state index in [1.54, 1.807) is 0 Å². The van der Waals surface area contributed by atoms with Crippen molar-refractivity contribution in [1.29, 1.82) is 0 Å². The van der Waals surface area contributed by atoms with Crippen LogP contribution in [0.25, 0.3) is 0 Å². The zero-order chi connectivity index (χ0) is 10.8. The summed E-state index contributed by atoms with van der Waals surface area (Å²) in [6.07, 6.45) is -1.69. The second-order valence-corrected chi connectivity index (χ2v) is 4.14. The van der Waals surface area contributed by atoms with Gasteiger partial charge in [0.2, 0.25) is 0 Å². The van der Waals surface area contributed by atoms with E-state index in [4.69, 9.17) is 0 Å². The molecule has 0 unspecified atom stereocenters. The maximum Gasteiger partial charge on any atom is 0.406 e. The van der Waals surface area contributed by atoms with E-state index in [2.05, 4.69) is 5.32 Å². The second kappa shape index (κ2) is 4.09. The molecule has 1 N–H and O–H groups in total. The van der Waals surface area contributed by atoms with E-state index in [1.807, 2.05) is 13.8 Å². The summed E-state index contributed by atoms with van der Waals surface area (Å²) >= 11 is 0. The predicted octanol–water partition coefficient (Wildman–Crippen LogP) is 3.11. The van der Waals surface area contributed by atoms with Crippen molar-refractivity contribution in [2.24, 2.45) is 5.92 Å². The standard InChI is InChI=1S/C10H18F3N/c1-3-8(4-2)7-14-9(5-6-9)10(11,12)13/h8,14H,3-7H2,1-2H3. The molecule has 1 rings (SSSR count). The Morgan fingerprint density at radius 1 is 1.21 bits per heavy atom. The van der Waals surface area contributed by atoms with Crippen LogP contribution in [-0.4, -0.2) is 18.3 Å². The molecule has 0 radical (unpaired) electrons. The van der Waals surface area contributed by atoms with Gasteiger partial charge >= 0.3 is 6.18 Å². The van der Waals surface area contributed by atoms with Gasteiger partial charge in [0.05, 0.1) is 0 Å². The van der Waals surface area contributed by atoms with Gasteiger partial charge in [0.15, 0.2) is 0 Å². The van der Waals surface area contributed by atoms with Crippen molar-refractivity contribution in [3.05, 3.63) is 0 Å². The number of rotatable bonds is 5. The summed E-state index contributed by atoms with van der Waals surface area (Å²) in [5, 5.41) is 2.69. The van der Waals surface area contributed by atoms with Gasteiger partial charge in [-0.2, -0.15) is 13.2 Å². The molecule has 0 heterocycles. The van der Waals surface area contributed by atoms with Gasteiger partial charge < -0.3 is 5.32 Å². The van der Waals surface area contributed by atoms with Gasteiger partial charge in [-0.15, -0.1) is 0 Å². The van der Waals surface area contributed by atoms with Crippen LogP contribution in [0.3, 0.4) is 0 Å². The molecule has 0 bridgehead atoms. The Hall–Kier alpha value is -0.250. The lowest BCUT2D eigenvalue weighted by Crippen LogP contribution is -2.46. The predicted molar refractivity (Wildman–Crippen MR) is 50.1 cm³/mol. The number of nitrogens with one attached hydrogen (secondary N) is 1. The minimum atomic E-state index is -4.07. The average molecular weight is 209 g/mol. The SMILES string of the molecule is CCC(CC)CNC1(C(F)(F)F)CC1.